The summed E-state index contributed by atoms with van der Waals surface area (Å²) in [7, 11) is 1.49. The maximum Gasteiger partial charge on any atom is 0.149 e. The highest BCUT2D eigenvalue weighted by atomic mass is 19.1. The van der Waals surface area contributed by atoms with Crippen molar-refractivity contribution in [2.24, 2.45) is 0 Å². The molecule has 0 aliphatic heterocycles. The number of halogens is 1. The van der Waals surface area contributed by atoms with Crippen LogP contribution < -0.4 is 4.74 Å². The molecule has 4 heteroatoms. The lowest BCUT2D eigenvalue weighted by molar-refractivity contribution is 0.274. The number of hydrogen-bond donors (Lipinski definition) is 2. The van der Waals surface area contributed by atoms with Crippen LogP contribution in [-0.2, 0) is 6.61 Å². The lowest BCUT2D eigenvalue weighted by Crippen LogP contribution is -1.91. The number of aromatic amines is 1. The number of aliphatic hydroxyl groups excluding tert-OH is 1. The fourth-order valence-electron chi connectivity index (χ4n) is 1.67. The first-order chi connectivity index (χ1) is 7.77. The second kappa shape index (κ2) is 4.37. The summed E-state index contributed by atoms with van der Waals surface area (Å²) in [5, 5.41) is 9.09. The third kappa shape index (κ3) is 1.67. The van der Waals surface area contributed by atoms with Gasteiger partial charge in [0.05, 0.1) is 19.4 Å². The summed E-state index contributed by atoms with van der Waals surface area (Å²) >= 11 is 0. The molecule has 3 nitrogen and oxygen atoms in total. The highest BCUT2D eigenvalue weighted by molar-refractivity contribution is 5.69. The van der Waals surface area contributed by atoms with Crippen LogP contribution in [0.25, 0.3) is 11.3 Å². The van der Waals surface area contributed by atoms with E-state index in [9.17, 15) is 4.39 Å². The van der Waals surface area contributed by atoms with Gasteiger partial charge in [-0.25, -0.2) is 4.39 Å². The average Bonchev–Trinajstić information content (AvgIpc) is 2.72. The van der Waals surface area contributed by atoms with Gasteiger partial charge in [-0.15, -0.1) is 0 Å². The zero-order chi connectivity index (χ0) is 11.5. The molecule has 1 heterocycles. The third-order valence-electron chi connectivity index (χ3n) is 2.43. The maximum atomic E-state index is 13.6. The van der Waals surface area contributed by atoms with Crippen molar-refractivity contribution in [2.75, 3.05) is 7.11 Å². The summed E-state index contributed by atoms with van der Waals surface area (Å²) in [4.78, 5) is 2.91. The molecule has 0 bridgehead atoms. The fourth-order valence-corrected chi connectivity index (χ4v) is 1.67. The van der Waals surface area contributed by atoms with Crippen LogP contribution in [0.4, 0.5) is 4.39 Å². The Bertz CT molecular complexity index is 494. The van der Waals surface area contributed by atoms with Crippen LogP contribution in [0.1, 0.15) is 5.56 Å². The summed E-state index contributed by atoms with van der Waals surface area (Å²) in [5.74, 6) is 0.153. The Labute approximate surface area is 92.5 Å². The predicted molar refractivity (Wildman–Crippen MR) is 58.7 cm³/mol. The number of rotatable bonds is 3. The van der Waals surface area contributed by atoms with Crippen LogP contribution in [0.3, 0.4) is 0 Å². The first-order valence-corrected chi connectivity index (χ1v) is 4.88. The van der Waals surface area contributed by atoms with Crippen LogP contribution in [0, 0.1) is 5.82 Å². The van der Waals surface area contributed by atoms with Gasteiger partial charge in [0, 0.05) is 17.3 Å². The molecule has 1 aromatic heterocycles. The number of H-pyrrole nitrogens is 1. The third-order valence-corrected chi connectivity index (χ3v) is 2.43. The van der Waals surface area contributed by atoms with E-state index in [2.05, 4.69) is 4.98 Å². The lowest BCUT2D eigenvalue weighted by Gasteiger charge is -2.05. The largest absolute Gasteiger partial charge is 0.494 e. The van der Waals surface area contributed by atoms with E-state index in [1.165, 1.54) is 13.2 Å². The minimum Gasteiger partial charge on any atom is -0.494 e. The van der Waals surface area contributed by atoms with Crippen molar-refractivity contribution >= 4 is 0 Å². The van der Waals surface area contributed by atoms with Gasteiger partial charge in [-0.05, 0) is 12.1 Å². The van der Waals surface area contributed by atoms with Crippen molar-refractivity contribution < 1.29 is 14.2 Å². The number of benzene rings is 1. The Morgan fingerprint density at radius 3 is 2.75 bits per heavy atom. The highest BCUT2D eigenvalue weighted by Crippen LogP contribution is 2.33. The fraction of sp³-hybridized carbons (Fsp3) is 0.167. The van der Waals surface area contributed by atoms with Crippen LogP contribution in [0.5, 0.6) is 5.75 Å². The van der Waals surface area contributed by atoms with Crippen LogP contribution in [0.15, 0.2) is 30.5 Å². The Kier molecular flexibility index (Phi) is 2.92. The second-order valence-corrected chi connectivity index (χ2v) is 3.36. The summed E-state index contributed by atoms with van der Waals surface area (Å²) in [6, 6.07) is 6.41. The standard InChI is InChI=1S/C12H12FNO2/c1-16-12-8(7-15)6-14-11(12)9-4-2-3-5-10(9)13/h2-6,14-15H,7H2,1H3. The zero-order valence-electron chi connectivity index (χ0n) is 8.83. The summed E-state index contributed by atoms with van der Waals surface area (Å²) in [6.45, 7) is -0.145. The van der Waals surface area contributed by atoms with Crippen molar-refractivity contribution in [3.63, 3.8) is 0 Å². The van der Waals surface area contributed by atoms with E-state index < -0.39 is 0 Å². The number of aliphatic hydroxyl groups is 1. The molecule has 16 heavy (non-hydrogen) atoms. The smallest absolute Gasteiger partial charge is 0.149 e. The van der Waals surface area contributed by atoms with Gasteiger partial charge in [-0.2, -0.15) is 0 Å². The molecule has 0 radical (unpaired) electrons. The van der Waals surface area contributed by atoms with Gasteiger partial charge < -0.3 is 14.8 Å². The van der Waals surface area contributed by atoms with E-state index in [1.807, 2.05) is 0 Å². The van der Waals surface area contributed by atoms with Crippen molar-refractivity contribution in [1.29, 1.82) is 0 Å². The normalized spacial score (nSPS) is 10.4. The Morgan fingerprint density at radius 1 is 1.38 bits per heavy atom. The van der Waals surface area contributed by atoms with Gasteiger partial charge in [0.15, 0.2) is 0 Å². The monoisotopic (exact) mass is 221 g/mol. The molecule has 1 aromatic carbocycles. The average molecular weight is 221 g/mol. The van der Waals surface area contributed by atoms with Crippen molar-refractivity contribution in [2.45, 2.75) is 6.61 Å². The van der Waals surface area contributed by atoms with Crippen LogP contribution >= 0.6 is 0 Å². The molecule has 84 valence electrons. The van der Waals surface area contributed by atoms with Crippen molar-refractivity contribution in [3.8, 4) is 17.0 Å². The van der Waals surface area contributed by atoms with E-state index in [0.717, 1.165) is 0 Å². The maximum absolute atomic E-state index is 13.6. The van der Waals surface area contributed by atoms with Gasteiger partial charge in [0.1, 0.15) is 11.6 Å². The minimum atomic E-state index is -0.327. The molecule has 0 saturated carbocycles. The number of ether oxygens (including phenoxy) is 1. The van der Waals surface area contributed by atoms with Gasteiger partial charge in [0.25, 0.3) is 0 Å². The quantitative estimate of drug-likeness (QED) is 0.835. The number of aromatic nitrogens is 1. The lowest BCUT2D eigenvalue weighted by atomic mass is 10.1. The first kappa shape index (κ1) is 10.7. The van der Waals surface area contributed by atoms with Gasteiger partial charge in [-0.1, -0.05) is 12.1 Å². The molecular weight excluding hydrogens is 209 g/mol. The molecule has 0 unspecified atom stereocenters. The molecule has 0 fully saturated rings. The van der Waals surface area contributed by atoms with Gasteiger partial charge in [-0.3, -0.25) is 0 Å². The number of nitrogens with one attached hydrogen (secondary N) is 1. The van der Waals surface area contributed by atoms with E-state index in [-0.39, 0.29) is 12.4 Å². The highest BCUT2D eigenvalue weighted by Gasteiger charge is 2.15. The summed E-state index contributed by atoms with van der Waals surface area (Å²) in [6.07, 6.45) is 1.61. The molecule has 0 amide bonds. The second-order valence-electron chi connectivity index (χ2n) is 3.36. The molecule has 0 aliphatic carbocycles. The minimum absolute atomic E-state index is 0.145. The zero-order valence-corrected chi connectivity index (χ0v) is 8.83. The Balaban J connectivity index is 2.56. The Morgan fingerprint density at radius 2 is 2.12 bits per heavy atom. The van der Waals surface area contributed by atoms with E-state index in [1.54, 1.807) is 24.4 Å². The molecular formula is C12H12FNO2. The first-order valence-electron chi connectivity index (χ1n) is 4.88. The molecule has 2 N–H and O–H groups in total. The van der Waals surface area contributed by atoms with E-state index >= 15 is 0 Å². The number of hydrogen-bond acceptors (Lipinski definition) is 2. The van der Waals surface area contributed by atoms with E-state index in [4.69, 9.17) is 9.84 Å². The predicted octanol–water partition coefficient (Wildman–Crippen LogP) is 2.32. The molecule has 0 aliphatic rings. The molecule has 0 atom stereocenters. The molecule has 0 spiro atoms. The van der Waals surface area contributed by atoms with Gasteiger partial charge >= 0.3 is 0 Å². The topological polar surface area (TPSA) is 45.2 Å². The van der Waals surface area contributed by atoms with Gasteiger partial charge in [0.2, 0.25) is 0 Å². The van der Waals surface area contributed by atoms with Crippen LogP contribution in [-0.4, -0.2) is 17.2 Å². The SMILES string of the molecule is COc1c(CO)c[nH]c1-c1ccccc1F. The van der Waals surface area contributed by atoms with E-state index in [0.29, 0.717) is 22.6 Å². The molecule has 0 saturated heterocycles. The molecule has 2 rings (SSSR count). The number of methoxy groups -OCH3 is 1. The van der Waals surface area contributed by atoms with Crippen molar-refractivity contribution in [1.82, 2.24) is 4.98 Å². The summed E-state index contributed by atoms with van der Waals surface area (Å²) in [5.41, 5.74) is 1.59. The van der Waals surface area contributed by atoms with Crippen LogP contribution in [0.2, 0.25) is 0 Å². The summed E-state index contributed by atoms with van der Waals surface area (Å²) < 4.78 is 18.7. The Hall–Kier alpha value is -1.81. The van der Waals surface area contributed by atoms with Crippen molar-refractivity contribution in [3.05, 3.63) is 41.8 Å². The molecule has 2 aromatic rings.